The van der Waals surface area contributed by atoms with Crippen molar-refractivity contribution < 1.29 is 9.59 Å². The van der Waals surface area contributed by atoms with Gasteiger partial charge in [-0.1, -0.05) is 12.1 Å². The summed E-state index contributed by atoms with van der Waals surface area (Å²) in [6, 6.07) is 7.47. The summed E-state index contributed by atoms with van der Waals surface area (Å²) in [6.45, 7) is 1.95. The Morgan fingerprint density at radius 2 is 1.80 bits per heavy atom. The van der Waals surface area contributed by atoms with Gasteiger partial charge in [-0.15, -0.1) is 0 Å². The number of anilines is 1. The van der Waals surface area contributed by atoms with E-state index in [1.54, 1.807) is 6.07 Å². The van der Waals surface area contributed by atoms with Crippen LogP contribution < -0.4 is 4.90 Å². The van der Waals surface area contributed by atoms with Gasteiger partial charge in [0.1, 0.15) is 0 Å². The SMILES string of the molecule is Cc1cccc(N2C(=O)CCCC2=O)c1. The van der Waals surface area contributed by atoms with Crippen molar-refractivity contribution in [3.63, 3.8) is 0 Å². The highest BCUT2D eigenvalue weighted by atomic mass is 16.2. The van der Waals surface area contributed by atoms with Gasteiger partial charge in [-0.2, -0.15) is 0 Å². The first-order chi connectivity index (χ1) is 7.18. The molecular weight excluding hydrogens is 190 g/mol. The second-order valence-electron chi connectivity index (χ2n) is 3.82. The van der Waals surface area contributed by atoms with Crippen LogP contribution in [0.3, 0.4) is 0 Å². The van der Waals surface area contributed by atoms with Crippen LogP contribution in [0.2, 0.25) is 0 Å². The van der Waals surface area contributed by atoms with Crippen molar-refractivity contribution in [2.24, 2.45) is 0 Å². The van der Waals surface area contributed by atoms with Crippen LogP contribution in [0.1, 0.15) is 24.8 Å². The van der Waals surface area contributed by atoms with Crippen LogP contribution in [0.25, 0.3) is 0 Å². The topological polar surface area (TPSA) is 37.4 Å². The summed E-state index contributed by atoms with van der Waals surface area (Å²) in [4.78, 5) is 24.5. The predicted molar refractivity (Wildman–Crippen MR) is 57.5 cm³/mol. The highest BCUT2D eigenvalue weighted by Gasteiger charge is 2.26. The third-order valence-electron chi connectivity index (χ3n) is 2.54. The molecule has 0 radical (unpaired) electrons. The lowest BCUT2D eigenvalue weighted by Crippen LogP contribution is -2.40. The summed E-state index contributed by atoms with van der Waals surface area (Å²) in [5.74, 6) is -0.172. The molecule has 1 aliphatic heterocycles. The molecule has 0 aliphatic carbocycles. The first-order valence-electron chi connectivity index (χ1n) is 5.11. The summed E-state index contributed by atoms with van der Waals surface area (Å²) in [7, 11) is 0. The van der Waals surface area contributed by atoms with Crippen LogP contribution in [0.15, 0.2) is 24.3 Å². The second kappa shape index (κ2) is 3.85. The molecule has 0 saturated carbocycles. The third-order valence-corrected chi connectivity index (χ3v) is 2.54. The number of carbonyl (C=O) groups is 2. The molecule has 3 nitrogen and oxygen atoms in total. The molecule has 15 heavy (non-hydrogen) atoms. The van der Waals surface area contributed by atoms with E-state index in [9.17, 15) is 9.59 Å². The Labute approximate surface area is 88.7 Å². The Morgan fingerprint density at radius 1 is 1.13 bits per heavy atom. The van der Waals surface area contributed by atoms with Gasteiger partial charge < -0.3 is 0 Å². The van der Waals surface area contributed by atoms with E-state index < -0.39 is 0 Å². The minimum Gasteiger partial charge on any atom is -0.274 e. The van der Waals surface area contributed by atoms with Crippen molar-refractivity contribution in [1.29, 1.82) is 0 Å². The number of benzene rings is 1. The van der Waals surface area contributed by atoms with E-state index in [0.717, 1.165) is 5.56 Å². The highest BCUT2D eigenvalue weighted by molar-refractivity contribution is 6.16. The fourth-order valence-electron chi connectivity index (χ4n) is 1.81. The first kappa shape index (κ1) is 9.90. The molecule has 0 N–H and O–H groups in total. The molecule has 1 heterocycles. The highest BCUT2D eigenvalue weighted by Crippen LogP contribution is 2.22. The lowest BCUT2D eigenvalue weighted by atomic mass is 10.1. The van der Waals surface area contributed by atoms with E-state index in [4.69, 9.17) is 0 Å². The van der Waals surface area contributed by atoms with Crippen LogP contribution in [-0.4, -0.2) is 11.8 Å². The maximum Gasteiger partial charge on any atom is 0.233 e. The summed E-state index contributed by atoms with van der Waals surface area (Å²) >= 11 is 0. The van der Waals surface area contributed by atoms with Gasteiger partial charge in [0.25, 0.3) is 0 Å². The average Bonchev–Trinajstić information content (AvgIpc) is 2.17. The Bertz CT molecular complexity index is 396. The van der Waals surface area contributed by atoms with Gasteiger partial charge in [-0.3, -0.25) is 14.5 Å². The van der Waals surface area contributed by atoms with Gasteiger partial charge in [0.05, 0.1) is 5.69 Å². The maximum atomic E-state index is 11.6. The molecule has 1 fully saturated rings. The zero-order valence-electron chi connectivity index (χ0n) is 8.69. The van der Waals surface area contributed by atoms with E-state index in [2.05, 4.69) is 0 Å². The Balaban J connectivity index is 2.35. The molecule has 1 aromatic carbocycles. The average molecular weight is 203 g/mol. The summed E-state index contributed by atoms with van der Waals surface area (Å²) in [5.41, 5.74) is 1.75. The second-order valence-corrected chi connectivity index (χ2v) is 3.82. The molecule has 1 aliphatic rings. The molecule has 0 unspecified atom stereocenters. The molecule has 0 aromatic heterocycles. The van der Waals surface area contributed by atoms with Crippen molar-refractivity contribution in [2.75, 3.05) is 4.90 Å². The zero-order chi connectivity index (χ0) is 10.8. The number of aryl methyl sites for hydroxylation is 1. The number of hydrogen-bond acceptors (Lipinski definition) is 2. The Morgan fingerprint density at radius 3 is 2.40 bits per heavy atom. The first-order valence-corrected chi connectivity index (χ1v) is 5.11. The van der Waals surface area contributed by atoms with Gasteiger partial charge in [0.2, 0.25) is 11.8 Å². The molecule has 0 spiro atoms. The molecule has 0 bridgehead atoms. The van der Waals surface area contributed by atoms with Crippen molar-refractivity contribution in [2.45, 2.75) is 26.2 Å². The summed E-state index contributed by atoms with van der Waals surface area (Å²) in [6.07, 6.45) is 1.62. The quantitative estimate of drug-likeness (QED) is 0.655. The van der Waals surface area contributed by atoms with Crippen LogP contribution >= 0.6 is 0 Å². The molecule has 2 amide bonds. The number of nitrogens with zero attached hydrogens (tertiary/aromatic N) is 1. The van der Waals surface area contributed by atoms with E-state index in [1.165, 1.54) is 4.90 Å². The molecule has 2 rings (SSSR count). The number of carbonyl (C=O) groups excluding carboxylic acids is 2. The number of hydrogen-bond donors (Lipinski definition) is 0. The molecule has 1 saturated heterocycles. The molecule has 78 valence electrons. The number of rotatable bonds is 1. The lowest BCUT2D eigenvalue weighted by Gasteiger charge is -2.24. The van der Waals surface area contributed by atoms with Crippen LogP contribution in [0, 0.1) is 6.92 Å². The Hall–Kier alpha value is -1.64. The maximum absolute atomic E-state index is 11.6. The standard InChI is InChI=1S/C12H13NO2/c1-9-4-2-5-10(8-9)13-11(14)6-3-7-12(13)15/h2,4-5,8H,3,6-7H2,1H3. The fraction of sp³-hybridized carbons (Fsp3) is 0.333. The van der Waals surface area contributed by atoms with Gasteiger partial charge in [0, 0.05) is 12.8 Å². The van der Waals surface area contributed by atoms with Crippen LogP contribution in [-0.2, 0) is 9.59 Å². The van der Waals surface area contributed by atoms with E-state index in [-0.39, 0.29) is 11.8 Å². The van der Waals surface area contributed by atoms with Crippen LogP contribution in [0.5, 0.6) is 0 Å². The van der Waals surface area contributed by atoms with Gasteiger partial charge in [0.15, 0.2) is 0 Å². The van der Waals surface area contributed by atoms with Crippen molar-refractivity contribution in [3.8, 4) is 0 Å². The zero-order valence-corrected chi connectivity index (χ0v) is 8.69. The van der Waals surface area contributed by atoms with Gasteiger partial charge >= 0.3 is 0 Å². The Kier molecular flexibility index (Phi) is 2.54. The predicted octanol–water partition coefficient (Wildman–Crippen LogP) is 2.04. The minimum absolute atomic E-state index is 0.0862. The van der Waals surface area contributed by atoms with Crippen LogP contribution in [0.4, 0.5) is 5.69 Å². The minimum atomic E-state index is -0.0862. The van der Waals surface area contributed by atoms with Gasteiger partial charge in [-0.25, -0.2) is 0 Å². The van der Waals surface area contributed by atoms with Crippen molar-refractivity contribution in [1.82, 2.24) is 0 Å². The number of piperidine rings is 1. The summed E-state index contributed by atoms with van der Waals surface area (Å²) in [5, 5.41) is 0. The normalized spacial score (nSPS) is 17.0. The van der Waals surface area contributed by atoms with Gasteiger partial charge in [-0.05, 0) is 31.0 Å². The fourth-order valence-corrected chi connectivity index (χ4v) is 1.81. The van der Waals surface area contributed by atoms with E-state index in [0.29, 0.717) is 24.9 Å². The third kappa shape index (κ3) is 1.91. The molecule has 0 atom stereocenters. The van der Waals surface area contributed by atoms with Crippen molar-refractivity contribution in [3.05, 3.63) is 29.8 Å². The molecular formula is C12H13NO2. The molecule has 3 heteroatoms. The monoisotopic (exact) mass is 203 g/mol. The van der Waals surface area contributed by atoms with E-state index in [1.807, 2.05) is 25.1 Å². The largest absolute Gasteiger partial charge is 0.274 e. The van der Waals surface area contributed by atoms with E-state index >= 15 is 0 Å². The number of imide groups is 1. The number of amides is 2. The smallest absolute Gasteiger partial charge is 0.233 e. The lowest BCUT2D eigenvalue weighted by molar-refractivity contribution is -0.129. The molecule has 1 aromatic rings. The van der Waals surface area contributed by atoms with Crippen molar-refractivity contribution >= 4 is 17.5 Å². The summed E-state index contributed by atoms with van der Waals surface area (Å²) < 4.78 is 0.